The lowest BCUT2D eigenvalue weighted by atomic mass is 9.84. The van der Waals surface area contributed by atoms with E-state index in [1.807, 2.05) is 6.07 Å². The molecule has 2 heterocycles. The lowest BCUT2D eigenvalue weighted by Crippen LogP contribution is -2.44. The van der Waals surface area contributed by atoms with E-state index in [0.29, 0.717) is 53.7 Å². The number of nitrogens with two attached hydrogens (primary N) is 1. The molecule has 0 unspecified atom stereocenters. The molecule has 0 atom stereocenters. The summed E-state index contributed by atoms with van der Waals surface area (Å²) < 4.78 is 55.1. The summed E-state index contributed by atoms with van der Waals surface area (Å²) in [5, 5.41) is 12.7. The number of rotatable bonds is 10. The number of ether oxygens (including phenoxy) is 3. The van der Waals surface area contributed by atoms with E-state index in [2.05, 4.69) is 26.0 Å². The number of benzene rings is 2. The lowest BCUT2D eigenvalue weighted by molar-refractivity contribution is -0.274. The molecule has 5 rings (SSSR count). The first-order valence-electron chi connectivity index (χ1n) is 13.8. The zero-order valence-corrected chi connectivity index (χ0v) is 24.2. The van der Waals surface area contributed by atoms with Crippen LogP contribution in [0.15, 0.2) is 72.2 Å². The number of nitrogens with zero attached hydrogens (tertiary/aromatic N) is 3. The van der Waals surface area contributed by atoms with Gasteiger partial charge in [0.15, 0.2) is 5.75 Å². The van der Waals surface area contributed by atoms with Crippen molar-refractivity contribution in [2.75, 3.05) is 37.0 Å². The monoisotopic (exact) mass is 613 g/mol. The first-order chi connectivity index (χ1) is 20.6. The number of anilines is 2. The van der Waals surface area contributed by atoms with Gasteiger partial charge in [-0.05, 0) is 62.1 Å². The molecule has 2 fully saturated rings. The highest BCUT2D eigenvalue weighted by Gasteiger charge is 2.38. The third-order valence-electron chi connectivity index (χ3n) is 7.74. The number of methoxy groups -OCH3 is 1. The maximum atomic E-state index is 13.0. The third-order valence-corrected chi connectivity index (χ3v) is 8.05. The Hall–Kier alpha value is -4.14. The molecular weight excluding hydrogens is 583 g/mol. The molecule has 1 saturated heterocycles. The predicted molar refractivity (Wildman–Crippen MR) is 157 cm³/mol. The highest BCUT2D eigenvalue weighted by molar-refractivity contribution is 6.31. The minimum absolute atomic E-state index is 0.0164. The molecule has 2 aliphatic rings. The highest BCUT2D eigenvalue weighted by atomic mass is 35.5. The Labute approximate surface area is 252 Å². The third kappa shape index (κ3) is 7.27. The molecule has 1 aliphatic carbocycles. The van der Waals surface area contributed by atoms with Crippen molar-refractivity contribution in [2.45, 2.75) is 37.6 Å². The average molecular weight is 614 g/mol. The van der Waals surface area contributed by atoms with Crippen LogP contribution in [0.3, 0.4) is 0 Å². The van der Waals surface area contributed by atoms with Crippen molar-refractivity contribution in [1.82, 2.24) is 4.98 Å². The fourth-order valence-corrected chi connectivity index (χ4v) is 5.57. The summed E-state index contributed by atoms with van der Waals surface area (Å²) in [4.78, 5) is 6.53. The number of hydrogen-bond donors (Lipinski definition) is 2. The van der Waals surface area contributed by atoms with Gasteiger partial charge in [-0.3, -0.25) is 0 Å². The van der Waals surface area contributed by atoms with Crippen molar-refractivity contribution in [3.8, 4) is 17.6 Å². The molecule has 3 aromatic rings. The van der Waals surface area contributed by atoms with Crippen LogP contribution in [0.25, 0.3) is 0 Å². The van der Waals surface area contributed by atoms with Gasteiger partial charge in [0, 0.05) is 43.6 Å². The topological polar surface area (TPSA) is 106 Å². The summed E-state index contributed by atoms with van der Waals surface area (Å²) in [5.41, 5.74) is 8.24. The van der Waals surface area contributed by atoms with E-state index in [0.717, 1.165) is 24.2 Å². The van der Waals surface area contributed by atoms with Crippen molar-refractivity contribution in [3.05, 3.63) is 88.3 Å². The van der Waals surface area contributed by atoms with Crippen molar-refractivity contribution in [3.63, 3.8) is 0 Å². The molecule has 2 aromatic carbocycles. The number of nitriles is 1. The maximum absolute atomic E-state index is 13.0. The van der Waals surface area contributed by atoms with E-state index in [1.165, 1.54) is 18.2 Å². The first-order valence-corrected chi connectivity index (χ1v) is 14.2. The summed E-state index contributed by atoms with van der Waals surface area (Å²) in [6, 6.07) is 16.7. The van der Waals surface area contributed by atoms with Crippen molar-refractivity contribution >= 4 is 23.1 Å². The first kappa shape index (κ1) is 30.3. The van der Waals surface area contributed by atoms with Gasteiger partial charge < -0.3 is 30.2 Å². The van der Waals surface area contributed by atoms with Crippen LogP contribution in [0.2, 0.25) is 5.02 Å². The average Bonchev–Trinajstić information content (AvgIpc) is 3.85. The molecule has 0 spiro atoms. The molecule has 0 amide bonds. The number of nitrogens with one attached hydrogen (secondary N) is 1. The Kier molecular flexibility index (Phi) is 8.89. The molecule has 0 bridgehead atoms. The fraction of sp³-hybridized carbons (Fsp3) is 0.355. The normalized spacial score (nSPS) is 17.1. The number of piperidine rings is 1. The Morgan fingerprint density at radius 2 is 1.91 bits per heavy atom. The summed E-state index contributed by atoms with van der Waals surface area (Å²) >= 11 is 6.78. The zero-order chi connectivity index (χ0) is 30.6. The van der Waals surface area contributed by atoms with Gasteiger partial charge in [0.05, 0.1) is 33.6 Å². The van der Waals surface area contributed by atoms with Crippen LogP contribution in [0, 0.1) is 17.2 Å². The minimum Gasteiger partial charge on any atom is -0.487 e. The van der Waals surface area contributed by atoms with Crippen LogP contribution in [-0.4, -0.2) is 38.2 Å². The van der Waals surface area contributed by atoms with Crippen LogP contribution in [0.4, 0.5) is 24.7 Å². The van der Waals surface area contributed by atoms with Crippen molar-refractivity contribution in [1.29, 1.82) is 5.26 Å². The van der Waals surface area contributed by atoms with Crippen LogP contribution < -0.4 is 25.4 Å². The second-order valence-electron chi connectivity index (χ2n) is 10.5. The maximum Gasteiger partial charge on any atom is 0.573 e. The molecule has 1 aromatic heterocycles. The molecule has 1 aliphatic heterocycles. The van der Waals surface area contributed by atoms with Gasteiger partial charge in [-0.15, -0.1) is 13.2 Å². The number of pyridine rings is 1. The number of hydrogen-bond acceptors (Lipinski definition) is 8. The van der Waals surface area contributed by atoms with Crippen molar-refractivity contribution < 1.29 is 27.4 Å². The number of alkyl halides is 3. The molecule has 226 valence electrons. The number of aromatic nitrogens is 1. The van der Waals surface area contributed by atoms with Crippen LogP contribution >= 0.6 is 11.6 Å². The molecule has 8 nitrogen and oxygen atoms in total. The van der Waals surface area contributed by atoms with Crippen LogP contribution in [0.5, 0.6) is 11.5 Å². The predicted octanol–water partition coefficient (Wildman–Crippen LogP) is 6.72. The van der Waals surface area contributed by atoms with Crippen LogP contribution in [0.1, 0.15) is 36.8 Å². The Morgan fingerprint density at radius 1 is 1.16 bits per heavy atom. The fourth-order valence-electron chi connectivity index (χ4n) is 5.23. The largest absolute Gasteiger partial charge is 0.573 e. The molecular formula is C31H31ClF3N5O3. The number of para-hydroxylation sites is 2. The number of allylic oxidation sites excluding steroid dienone is 1. The standard InChI is InChI=1S/C31H31ClF3N5O3/c1-41-30(11-14-40(15-12-30)28-16-20(18-36)10-13-38-28)23-9-8-22(17-24(23)32)42-19-26(29(37)21-6-7-21)39-25-4-2-3-5-27(25)43-31(33,34)35/h2-5,8-10,13,16-17,21,39H,6-7,11-12,14-15,19,37H2,1H3/b29-26-. The summed E-state index contributed by atoms with van der Waals surface area (Å²) in [7, 11) is 1.66. The van der Waals surface area contributed by atoms with Gasteiger partial charge in [0.1, 0.15) is 18.2 Å². The lowest BCUT2D eigenvalue weighted by Gasteiger charge is -2.42. The Bertz CT molecular complexity index is 1530. The van der Waals surface area contributed by atoms with E-state index in [4.69, 9.17) is 26.8 Å². The van der Waals surface area contributed by atoms with Gasteiger partial charge in [-0.1, -0.05) is 29.8 Å². The zero-order valence-electron chi connectivity index (χ0n) is 23.5. The van der Waals surface area contributed by atoms with Gasteiger partial charge >= 0.3 is 6.36 Å². The molecule has 3 N–H and O–H groups in total. The molecule has 1 saturated carbocycles. The van der Waals surface area contributed by atoms with E-state index in [9.17, 15) is 18.4 Å². The van der Waals surface area contributed by atoms with E-state index >= 15 is 0 Å². The van der Waals surface area contributed by atoms with Crippen molar-refractivity contribution in [2.24, 2.45) is 11.7 Å². The van der Waals surface area contributed by atoms with Gasteiger partial charge in [-0.2, -0.15) is 5.26 Å². The van der Waals surface area contributed by atoms with E-state index in [1.54, 1.807) is 43.6 Å². The highest BCUT2D eigenvalue weighted by Crippen LogP contribution is 2.42. The summed E-state index contributed by atoms with van der Waals surface area (Å²) in [5.74, 6) is 0.984. The summed E-state index contributed by atoms with van der Waals surface area (Å²) in [6.45, 7) is 1.30. The van der Waals surface area contributed by atoms with E-state index < -0.39 is 12.0 Å². The van der Waals surface area contributed by atoms with Crippen LogP contribution in [-0.2, 0) is 10.3 Å². The molecule has 12 heteroatoms. The Balaban J connectivity index is 1.29. The minimum atomic E-state index is -4.84. The quantitative estimate of drug-likeness (QED) is 0.260. The SMILES string of the molecule is COC1(c2ccc(OC/C(Nc3ccccc3OC(F)(F)F)=C(/N)C3CC3)cc2Cl)CCN(c2cc(C#N)ccn2)CC1. The van der Waals surface area contributed by atoms with E-state index in [-0.39, 0.29) is 24.0 Å². The second kappa shape index (κ2) is 12.6. The second-order valence-corrected chi connectivity index (χ2v) is 10.9. The van der Waals surface area contributed by atoms with Gasteiger partial charge in [0.25, 0.3) is 0 Å². The smallest absolute Gasteiger partial charge is 0.487 e. The Morgan fingerprint density at radius 3 is 2.56 bits per heavy atom. The number of halogens is 4. The van der Waals surface area contributed by atoms with Gasteiger partial charge in [-0.25, -0.2) is 4.98 Å². The molecule has 0 radical (unpaired) electrons. The molecule has 43 heavy (non-hydrogen) atoms. The summed E-state index contributed by atoms with van der Waals surface area (Å²) in [6.07, 6.45) is -0.116. The van der Waals surface area contributed by atoms with Gasteiger partial charge in [0.2, 0.25) is 0 Å².